The van der Waals surface area contributed by atoms with Gasteiger partial charge >= 0.3 is 0 Å². The molecule has 0 radical (unpaired) electrons. The number of halogens is 1. The molecule has 1 aliphatic heterocycles. The zero-order chi connectivity index (χ0) is 5.98. The molecule has 0 aromatic rings. The summed E-state index contributed by atoms with van der Waals surface area (Å²) < 4.78 is 1.17. The minimum atomic E-state index is 0.947. The Morgan fingerprint density at radius 3 is 2.88 bits per heavy atom. The highest BCUT2D eigenvalue weighted by Crippen LogP contribution is 2.10. The Hall–Kier alpha value is -0.240. The van der Waals surface area contributed by atoms with Gasteiger partial charge in [-0.3, -0.25) is 0 Å². The second kappa shape index (κ2) is 2.35. The van der Waals surface area contributed by atoms with E-state index in [1.54, 1.807) is 0 Å². The number of hydrogen-bond acceptors (Lipinski definition) is 1. The van der Waals surface area contributed by atoms with Crippen molar-refractivity contribution < 1.29 is 0 Å². The smallest absolute Gasteiger partial charge is 0.0341 e. The van der Waals surface area contributed by atoms with Gasteiger partial charge in [0, 0.05) is 16.7 Å². The van der Waals surface area contributed by atoms with Crippen LogP contribution in [0.3, 0.4) is 0 Å². The topological polar surface area (TPSA) is 12.0 Å². The van der Waals surface area contributed by atoms with Gasteiger partial charge in [-0.15, -0.1) is 0 Å². The summed E-state index contributed by atoms with van der Waals surface area (Å²) in [6, 6.07) is 0. The minimum absolute atomic E-state index is 0.947. The average molecular weight is 174 g/mol. The molecule has 0 fully saturated rings. The number of nitrogens with one attached hydrogen (secondary N) is 1. The molecule has 2 heteroatoms. The predicted octanol–water partition coefficient (Wildman–Crippen LogP) is 1.77. The summed E-state index contributed by atoms with van der Waals surface area (Å²) in [6.45, 7) is 3.00. The molecule has 8 heavy (non-hydrogen) atoms. The summed E-state index contributed by atoms with van der Waals surface area (Å²) in [5.41, 5.74) is 1.22. The molecule has 0 aliphatic carbocycles. The van der Waals surface area contributed by atoms with Gasteiger partial charge in [0.05, 0.1) is 0 Å². The van der Waals surface area contributed by atoms with Gasteiger partial charge in [-0.2, -0.15) is 0 Å². The van der Waals surface area contributed by atoms with Crippen LogP contribution >= 0.6 is 15.9 Å². The number of hydrogen-bond donors (Lipinski definition) is 1. The summed E-state index contributed by atoms with van der Waals surface area (Å²) in [7, 11) is 0. The van der Waals surface area contributed by atoms with E-state index in [4.69, 9.17) is 0 Å². The Bertz CT molecular complexity index is 147. The molecule has 0 bridgehead atoms. The molecular formula is C6H8BrN. The third-order valence-electron chi connectivity index (χ3n) is 1.03. The first-order chi connectivity index (χ1) is 3.79. The van der Waals surface area contributed by atoms with Gasteiger partial charge in [-0.25, -0.2) is 0 Å². The summed E-state index contributed by atoms with van der Waals surface area (Å²) in [5, 5.41) is 3.17. The van der Waals surface area contributed by atoms with Crippen molar-refractivity contribution in [2.45, 2.75) is 6.92 Å². The van der Waals surface area contributed by atoms with E-state index < -0.39 is 0 Å². The van der Waals surface area contributed by atoms with Crippen LogP contribution in [0.25, 0.3) is 0 Å². The Morgan fingerprint density at radius 1 is 1.75 bits per heavy atom. The van der Waals surface area contributed by atoms with Crippen LogP contribution in [0, 0.1) is 0 Å². The fourth-order valence-corrected chi connectivity index (χ4v) is 1.13. The fourth-order valence-electron chi connectivity index (χ4n) is 0.626. The first-order valence-electron chi connectivity index (χ1n) is 2.57. The van der Waals surface area contributed by atoms with Crippen molar-refractivity contribution in [3.05, 3.63) is 22.3 Å². The fraction of sp³-hybridized carbons (Fsp3) is 0.333. The monoisotopic (exact) mass is 173 g/mol. The molecule has 1 aliphatic rings. The largest absolute Gasteiger partial charge is 0.385 e. The molecule has 0 saturated heterocycles. The quantitative estimate of drug-likeness (QED) is 0.590. The molecule has 1 rings (SSSR count). The number of rotatable bonds is 0. The van der Waals surface area contributed by atoms with E-state index in [9.17, 15) is 0 Å². The van der Waals surface area contributed by atoms with Gasteiger partial charge in [0.2, 0.25) is 0 Å². The molecule has 0 atom stereocenters. The van der Waals surface area contributed by atoms with E-state index in [0.717, 1.165) is 6.54 Å². The molecule has 1 heterocycles. The van der Waals surface area contributed by atoms with Crippen molar-refractivity contribution in [2.75, 3.05) is 6.54 Å². The lowest BCUT2D eigenvalue weighted by Crippen LogP contribution is -2.13. The van der Waals surface area contributed by atoms with Gasteiger partial charge in [0.1, 0.15) is 0 Å². The van der Waals surface area contributed by atoms with E-state index in [0.29, 0.717) is 0 Å². The number of dihydropyridines is 1. The lowest BCUT2D eigenvalue weighted by Gasteiger charge is -2.07. The Morgan fingerprint density at radius 2 is 2.50 bits per heavy atom. The van der Waals surface area contributed by atoms with Gasteiger partial charge in [-0.1, -0.05) is 22.0 Å². The van der Waals surface area contributed by atoms with Crippen molar-refractivity contribution in [1.29, 1.82) is 0 Å². The van der Waals surface area contributed by atoms with Crippen LogP contribution in [0.4, 0.5) is 0 Å². The standard InChI is InChI=1S/C6H8BrN/c1-5-4-6(7)2-3-8-5/h2,4,8H,3H2,1H3. The molecule has 1 nitrogen and oxygen atoms in total. The van der Waals surface area contributed by atoms with E-state index >= 15 is 0 Å². The van der Waals surface area contributed by atoms with E-state index in [-0.39, 0.29) is 0 Å². The maximum atomic E-state index is 3.37. The van der Waals surface area contributed by atoms with Crippen molar-refractivity contribution >= 4 is 15.9 Å². The van der Waals surface area contributed by atoms with Crippen LogP contribution in [0.5, 0.6) is 0 Å². The zero-order valence-corrected chi connectivity index (χ0v) is 6.33. The van der Waals surface area contributed by atoms with Gasteiger partial charge in [0.25, 0.3) is 0 Å². The predicted molar refractivity (Wildman–Crippen MR) is 38.8 cm³/mol. The van der Waals surface area contributed by atoms with Gasteiger partial charge < -0.3 is 5.32 Å². The average Bonchev–Trinajstić information content (AvgIpc) is 1.64. The maximum Gasteiger partial charge on any atom is 0.0341 e. The summed E-state index contributed by atoms with van der Waals surface area (Å²) in [4.78, 5) is 0. The van der Waals surface area contributed by atoms with Crippen LogP contribution in [-0.2, 0) is 0 Å². The molecule has 0 amide bonds. The molecular weight excluding hydrogens is 166 g/mol. The lowest BCUT2D eigenvalue weighted by molar-refractivity contribution is 0.889. The normalized spacial score (nSPS) is 18.8. The molecule has 0 saturated carbocycles. The SMILES string of the molecule is CC1=CC(Br)=CCN1. The van der Waals surface area contributed by atoms with Crippen LogP contribution in [0.2, 0.25) is 0 Å². The van der Waals surface area contributed by atoms with Crippen LogP contribution in [0.15, 0.2) is 22.3 Å². The number of allylic oxidation sites excluding steroid dienone is 3. The first kappa shape index (κ1) is 5.89. The highest BCUT2D eigenvalue weighted by Gasteiger charge is 1.93. The Labute approximate surface area is 57.6 Å². The Kier molecular flexibility index (Phi) is 1.73. The molecule has 0 spiro atoms. The molecule has 0 aromatic carbocycles. The molecule has 0 unspecified atom stereocenters. The van der Waals surface area contributed by atoms with Crippen LogP contribution in [-0.4, -0.2) is 6.54 Å². The summed E-state index contributed by atoms with van der Waals surface area (Å²) in [6.07, 6.45) is 4.15. The van der Waals surface area contributed by atoms with Crippen molar-refractivity contribution in [2.24, 2.45) is 0 Å². The van der Waals surface area contributed by atoms with Crippen LogP contribution in [0.1, 0.15) is 6.92 Å². The summed E-state index contributed by atoms with van der Waals surface area (Å²) >= 11 is 3.37. The van der Waals surface area contributed by atoms with Gasteiger partial charge in [-0.05, 0) is 13.0 Å². The van der Waals surface area contributed by atoms with E-state index in [1.807, 2.05) is 6.92 Å². The molecule has 44 valence electrons. The Balaban J connectivity index is 2.69. The second-order valence-electron chi connectivity index (χ2n) is 1.80. The third kappa shape index (κ3) is 1.37. The molecule has 1 N–H and O–H groups in total. The maximum absolute atomic E-state index is 3.37. The second-order valence-corrected chi connectivity index (χ2v) is 2.71. The van der Waals surface area contributed by atoms with Crippen LogP contribution < -0.4 is 5.32 Å². The van der Waals surface area contributed by atoms with Crippen molar-refractivity contribution in [3.63, 3.8) is 0 Å². The van der Waals surface area contributed by atoms with Crippen molar-refractivity contribution in [1.82, 2.24) is 5.32 Å². The third-order valence-corrected chi connectivity index (χ3v) is 1.59. The van der Waals surface area contributed by atoms with E-state index in [1.165, 1.54) is 10.2 Å². The van der Waals surface area contributed by atoms with Crippen molar-refractivity contribution in [3.8, 4) is 0 Å². The minimum Gasteiger partial charge on any atom is -0.385 e. The highest BCUT2D eigenvalue weighted by atomic mass is 79.9. The molecule has 0 aromatic heterocycles. The summed E-state index contributed by atoms with van der Waals surface area (Å²) in [5.74, 6) is 0. The van der Waals surface area contributed by atoms with E-state index in [2.05, 4.69) is 33.4 Å². The lowest BCUT2D eigenvalue weighted by atomic mass is 10.3. The highest BCUT2D eigenvalue weighted by molar-refractivity contribution is 9.11. The zero-order valence-electron chi connectivity index (χ0n) is 4.74. The van der Waals surface area contributed by atoms with Gasteiger partial charge in [0.15, 0.2) is 0 Å². The first-order valence-corrected chi connectivity index (χ1v) is 3.36.